The molecule has 1 unspecified atom stereocenters. The minimum Gasteiger partial charge on any atom is -0.394 e. The van der Waals surface area contributed by atoms with E-state index < -0.39 is 21.9 Å². The molecule has 0 radical (unpaired) electrons. The Balaban J connectivity index is 2.81. The normalized spacial score (nSPS) is 24.8. The highest BCUT2D eigenvalue weighted by molar-refractivity contribution is 7.86. The van der Waals surface area contributed by atoms with Gasteiger partial charge in [-0.2, -0.15) is 17.0 Å². The first kappa shape index (κ1) is 16.8. The molecule has 7 heteroatoms. The average molecular weight is 294 g/mol. The molecule has 0 bridgehead atoms. The van der Waals surface area contributed by atoms with E-state index in [0.717, 1.165) is 12.8 Å². The zero-order valence-corrected chi connectivity index (χ0v) is 13.1. The van der Waals surface area contributed by atoms with Crippen molar-refractivity contribution >= 4 is 10.2 Å². The number of unbranched alkanes of at least 4 members (excludes halogenated alkanes) is 1. The Morgan fingerprint density at radius 3 is 2.63 bits per heavy atom. The molecule has 1 N–H and O–H groups in total. The third-order valence-electron chi connectivity index (χ3n) is 3.20. The van der Waals surface area contributed by atoms with Crippen LogP contribution in [-0.2, 0) is 14.9 Å². The summed E-state index contributed by atoms with van der Waals surface area (Å²) < 4.78 is 33.3. The Bertz CT molecular complexity index is 383. The molecule has 0 aromatic heterocycles. The quantitative estimate of drug-likeness (QED) is 0.771. The Hall–Kier alpha value is -0.210. The summed E-state index contributed by atoms with van der Waals surface area (Å²) in [5.74, 6) is 0. The first-order valence-electron chi connectivity index (χ1n) is 6.73. The van der Waals surface area contributed by atoms with Gasteiger partial charge in [-0.25, -0.2) is 0 Å². The van der Waals surface area contributed by atoms with Crippen molar-refractivity contribution in [1.82, 2.24) is 8.61 Å². The Kier molecular flexibility index (Phi) is 5.76. The minimum absolute atomic E-state index is 0.172. The van der Waals surface area contributed by atoms with E-state index in [9.17, 15) is 13.5 Å². The monoisotopic (exact) mass is 294 g/mol. The summed E-state index contributed by atoms with van der Waals surface area (Å²) in [4.78, 5) is 0. The number of ether oxygens (including phenoxy) is 1. The molecule has 6 nitrogen and oxygen atoms in total. The van der Waals surface area contributed by atoms with Crippen LogP contribution in [0.15, 0.2) is 0 Å². The van der Waals surface area contributed by atoms with Crippen LogP contribution in [0.5, 0.6) is 0 Å². The molecule has 1 fully saturated rings. The number of hydrogen-bond acceptors (Lipinski definition) is 4. The lowest BCUT2D eigenvalue weighted by atomic mass is 10.1. The van der Waals surface area contributed by atoms with E-state index in [-0.39, 0.29) is 13.2 Å². The van der Waals surface area contributed by atoms with Crippen LogP contribution in [0.2, 0.25) is 0 Å². The van der Waals surface area contributed by atoms with Crippen LogP contribution in [0.1, 0.15) is 33.6 Å². The van der Waals surface area contributed by atoms with E-state index in [1.807, 2.05) is 20.8 Å². The molecule has 0 amide bonds. The first-order valence-corrected chi connectivity index (χ1v) is 8.12. The van der Waals surface area contributed by atoms with Gasteiger partial charge >= 0.3 is 0 Å². The fourth-order valence-electron chi connectivity index (χ4n) is 2.21. The molecule has 1 aliphatic rings. The summed E-state index contributed by atoms with van der Waals surface area (Å²) in [6.07, 6.45) is 1.33. The smallest absolute Gasteiger partial charge is 0.281 e. The van der Waals surface area contributed by atoms with Gasteiger partial charge in [-0.05, 0) is 20.3 Å². The Morgan fingerprint density at radius 1 is 1.47 bits per heavy atom. The zero-order chi connectivity index (χ0) is 14.7. The number of aliphatic hydroxyl groups excluding tert-OH is 1. The van der Waals surface area contributed by atoms with E-state index in [1.165, 1.54) is 8.61 Å². The lowest BCUT2D eigenvalue weighted by Crippen LogP contribution is -2.58. The predicted molar refractivity (Wildman–Crippen MR) is 74.1 cm³/mol. The van der Waals surface area contributed by atoms with Crippen molar-refractivity contribution in [2.24, 2.45) is 0 Å². The van der Waals surface area contributed by atoms with Gasteiger partial charge in [0.2, 0.25) is 0 Å². The summed E-state index contributed by atoms with van der Waals surface area (Å²) in [5, 5.41) is 9.23. The van der Waals surface area contributed by atoms with Crippen molar-refractivity contribution in [3.63, 3.8) is 0 Å². The standard InChI is InChI=1S/C12H26N2O4S/c1-5-6-7-13(4)19(16,17)14-8-11(9-15)18-12(2,3)10-14/h11,15H,5-10H2,1-4H3. The van der Waals surface area contributed by atoms with Crippen LogP contribution in [-0.4, -0.2) is 67.1 Å². The Labute approximate surface area is 116 Å². The molecule has 1 atom stereocenters. The number of rotatable bonds is 6. The second kappa shape index (κ2) is 6.49. The number of morpholine rings is 1. The van der Waals surface area contributed by atoms with Crippen molar-refractivity contribution in [3.05, 3.63) is 0 Å². The van der Waals surface area contributed by atoms with Gasteiger partial charge in [0, 0.05) is 26.7 Å². The lowest BCUT2D eigenvalue weighted by molar-refractivity contribution is -0.132. The van der Waals surface area contributed by atoms with Gasteiger partial charge in [0.25, 0.3) is 10.2 Å². The summed E-state index contributed by atoms with van der Waals surface area (Å²) >= 11 is 0. The van der Waals surface area contributed by atoms with Crippen molar-refractivity contribution in [3.8, 4) is 0 Å². The zero-order valence-electron chi connectivity index (χ0n) is 12.3. The largest absolute Gasteiger partial charge is 0.394 e. The van der Waals surface area contributed by atoms with E-state index >= 15 is 0 Å². The van der Waals surface area contributed by atoms with Gasteiger partial charge in [0.1, 0.15) is 0 Å². The molecule has 0 aromatic rings. The third kappa shape index (κ3) is 4.39. The number of aliphatic hydroxyl groups is 1. The van der Waals surface area contributed by atoms with Gasteiger partial charge in [-0.15, -0.1) is 0 Å². The van der Waals surface area contributed by atoms with Gasteiger partial charge in [-0.1, -0.05) is 13.3 Å². The van der Waals surface area contributed by atoms with Crippen LogP contribution in [0.4, 0.5) is 0 Å². The highest BCUT2D eigenvalue weighted by Crippen LogP contribution is 2.24. The fourth-order valence-corrected chi connectivity index (χ4v) is 3.79. The highest BCUT2D eigenvalue weighted by atomic mass is 32.2. The molecule has 1 rings (SSSR count). The summed E-state index contributed by atoms with van der Waals surface area (Å²) in [7, 11) is -1.87. The second-order valence-corrected chi connectivity index (χ2v) is 7.69. The molecule has 0 aliphatic carbocycles. The maximum Gasteiger partial charge on any atom is 0.281 e. The molecular weight excluding hydrogens is 268 g/mol. The molecule has 114 valence electrons. The topological polar surface area (TPSA) is 70.1 Å². The maximum atomic E-state index is 12.5. The van der Waals surface area contributed by atoms with E-state index in [0.29, 0.717) is 13.1 Å². The van der Waals surface area contributed by atoms with Gasteiger partial charge in [0.05, 0.1) is 18.3 Å². The molecule has 0 aromatic carbocycles. The van der Waals surface area contributed by atoms with Crippen molar-refractivity contribution in [2.75, 3.05) is 33.3 Å². The van der Waals surface area contributed by atoms with E-state index in [2.05, 4.69) is 0 Å². The van der Waals surface area contributed by atoms with Crippen LogP contribution in [0, 0.1) is 0 Å². The SMILES string of the molecule is CCCCN(C)S(=O)(=O)N1CC(CO)OC(C)(C)C1. The first-order chi connectivity index (χ1) is 8.73. The van der Waals surface area contributed by atoms with Crippen molar-refractivity contribution < 1.29 is 18.3 Å². The minimum atomic E-state index is -3.47. The van der Waals surface area contributed by atoms with Crippen LogP contribution >= 0.6 is 0 Å². The van der Waals surface area contributed by atoms with E-state index in [4.69, 9.17) is 4.74 Å². The lowest BCUT2D eigenvalue weighted by Gasteiger charge is -2.42. The third-order valence-corrected chi connectivity index (χ3v) is 5.10. The summed E-state index contributed by atoms with van der Waals surface area (Å²) in [5.41, 5.74) is -0.579. The molecule has 0 saturated carbocycles. The van der Waals surface area contributed by atoms with Gasteiger partial charge in [-0.3, -0.25) is 0 Å². The van der Waals surface area contributed by atoms with Gasteiger partial charge < -0.3 is 9.84 Å². The molecule has 1 aliphatic heterocycles. The summed E-state index contributed by atoms with van der Waals surface area (Å²) in [6, 6.07) is 0. The highest BCUT2D eigenvalue weighted by Gasteiger charge is 2.39. The predicted octanol–water partition coefficient (Wildman–Crippen LogP) is 0.435. The van der Waals surface area contributed by atoms with Crippen LogP contribution in [0.3, 0.4) is 0 Å². The van der Waals surface area contributed by atoms with Crippen molar-refractivity contribution in [2.45, 2.75) is 45.3 Å². The molecular formula is C12H26N2O4S. The summed E-state index contributed by atoms with van der Waals surface area (Å²) in [6.45, 7) is 6.56. The molecule has 0 spiro atoms. The number of hydrogen-bond donors (Lipinski definition) is 1. The molecule has 1 heterocycles. The van der Waals surface area contributed by atoms with Crippen LogP contribution < -0.4 is 0 Å². The Morgan fingerprint density at radius 2 is 2.11 bits per heavy atom. The molecule has 19 heavy (non-hydrogen) atoms. The van der Waals surface area contributed by atoms with Crippen molar-refractivity contribution in [1.29, 1.82) is 0 Å². The van der Waals surface area contributed by atoms with Gasteiger partial charge in [0.15, 0.2) is 0 Å². The second-order valence-electron chi connectivity index (χ2n) is 5.66. The molecule has 1 saturated heterocycles. The fraction of sp³-hybridized carbons (Fsp3) is 1.00. The maximum absolute atomic E-state index is 12.5. The van der Waals surface area contributed by atoms with Crippen LogP contribution in [0.25, 0.3) is 0 Å². The number of nitrogens with zero attached hydrogens (tertiary/aromatic N) is 2. The average Bonchev–Trinajstić information content (AvgIpc) is 2.33. The van der Waals surface area contributed by atoms with E-state index in [1.54, 1.807) is 7.05 Å².